The van der Waals surface area contributed by atoms with Crippen molar-refractivity contribution in [1.29, 1.82) is 0 Å². The maximum absolute atomic E-state index is 13.1. The minimum Gasteiger partial charge on any atom is -0.497 e. The van der Waals surface area contributed by atoms with Crippen LogP contribution < -0.4 is 19.7 Å². The van der Waals surface area contributed by atoms with Crippen molar-refractivity contribution >= 4 is 23.3 Å². The number of benzene rings is 3. The van der Waals surface area contributed by atoms with E-state index in [1.165, 1.54) is 5.56 Å². The Labute approximate surface area is 199 Å². The Morgan fingerprint density at radius 1 is 0.941 bits per heavy atom. The molecule has 7 nitrogen and oxygen atoms in total. The van der Waals surface area contributed by atoms with Crippen LogP contribution >= 0.6 is 0 Å². The molecule has 0 spiro atoms. The first-order chi connectivity index (χ1) is 16.5. The first kappa shape index (κ1) is 23.2. The fraction of sp³-hybridized carbons (Fsp3) is 0.259. The number of rotatable bonds is 7. The maximum Gasteiger partial charge on any atom is 0.324 e. The van der Waals surface area contributed by atoms with Gasteiger partial charge < -0.3 is 19.7 Å². The van der Waals surface area contributed by atoms with Gasteiger partial charge in [0, 0.05) is 42.6 Å². The van der Waals surface area contributed by atoms with Crippen LogP contribution in [0, 0.1) is 6.92 Å². The molecule has 1 aliphatic rings. The molecule has 1 aliphatic heterocycles. The van der Waals surface area contributed by atoms with E-state index in [2.05, 4.69) is 30.4 Å². The highest BCUT2D eigenvalue weighted by molar-refractivity contribution is 6.05. The Balaban J connectivity index is 1.43. The molecule has 1 fully saturated rings. The molecule has 0 radical (unpaired) electrons. The van der Waals surface area contributed by atoms with Crippen molar-refractivity contribution in [2.45, 2.75) is 19.9 Å². The molecule has 0 aliphatic carbocycles. The Morgan fingerprint density at radius 3 is 2.29 bits per heavy atom. The molecular weight excluding hydrogens is 430 g/mol. The van der Waals surface area contributed by atoms with E-state index < -0.39 is 0 Å². The second-order valence-corrected chi connectivity index (χ2v) is 8.30. The molecular formula is C27H29N3O4. The number of nitrogens with one attached hydrogen (secondary N) is 1. The number of nitrogens with zero attached hydrogens (tertiary/aromatic N) is 2. The van der Waals surface area contributed by atoms with Crippen LogP contribution in [0.15, 0.2) is 66.7 Å². The van der Waals surface area contributed by atoms with Crippen LogP contribution in [0.25, 0.3) is 0 Å². The largest absolute Gasteiger partial charge is 0.497 e. The van der Waals surface area contributed by atoms with Crippen molar-refractivity contribution in [3.8, 4) is 11.5 Å². The van der Waals surface area contributed by atoms with Gasteiger partial charge in [-0.05, 0) is 55.3 Å². The third-order valence-electron chi connectivity index (χ3n) is 5.82. The summed E-state index contributed by atoms with van der Waals surface area (Å²) in [7, 11) is 3.08. The van der Waals surface area contributed by atoms with E-state index in [-0.39, 0.29) is 11.9 Å². The molecule has 1 saturated heterocycles. The number of anilines is 2. The molecule has 4 rings (SSSR count). The number of hydrogen-bond acceptors (Lipinski definition) is 4. The molecule has 34 heavy (non-hydrogen) atoms. The van der Waals surface area contributed by atoms with Crippen LogP contribution in [0.2, 0.25) is 0 Å². The van der Waals surface area contributed by atoms with Gasteiger partial charge in [0.25, 0.3) is 5.91 Å². The van der Waals surface area contributed by atoms with Crippen LogP contribution in [-0.4, -0.2) is 44.1 Å². The SMILES string of the molecule is COc1cc(OC)cc(C(=O)Nc2ccc(N3CCCN(Cc4cccc(C)c4)C3=O)cc2)c1. The molecule has 3 aromatic rings. The number of urea groups is 1. The van der Waals surface area contributed by atoms with Crippen LogP contribution in [0.3, 0.4) is 0 Å². The van der Waals surface area contributed by atoms with Gasteiger partial charge in [-0.1, -0.05) is 29.8 Å². The predicted octanol–water partition coefficient (Wildman–Crippen LogP) is 5.10. The molecule has 0 aromatic heterocycles. The summed E-state index contributed by atoms with van der Waals surface area (Å²) < 4.78 is 10.5. The fourth-order valence-corrected chi connectivity index (χ4v) is 4.07. The first-order valence-corrected chi connectivity index (χ1v) is 11.2. The van der Waals surface area contributed by atoms with Gasteiger partial charge >= 0.3 is 6.03 Å². The number of methoxy groups -OCH3 is 2. The summed E-state index contributed by atoms with van der Waals surface area (Å²) >= 11 is 0. The molecule has 0 atom stereocenters. The molecule has 176 valence electrons. The fourth-order valence-electron chi connectivity index (χ4n) is 4.07. The third-order valence-corrected chi connectivity index (χ3v) is 5.82. The van der Waals surface area contributed by atoms with Gasteiger partial charge in [-0.25, -0.2) is 4.79 Å². The molecule has 0 bridgehead atoms. The molecule has 3 aromatic carbocycles. The highest BCUT2D eigenvalue weighted by atomic mass is 16.5. The van der Waals surface area contributed by atoms with Crippen molar-refractivity contribution < 1.29 is 19.1 Å². The highest BCUT2D eigenvalue weighted by Gasteiger charge is 2.26. The van der Waals surface area contributed by atoms with E-state index in [9.17, 15) is 9.59 Å². The second-order valence-electron chi connectivity index (χ2n) is 8.30. The van der Waals surface area contributed by atoms with Gasteiger partial charge in [-0.3, -0.25) is 9.69 Å². The predicted molar refractivity (Wildman–Crippen MR) is 133 cm³/mol. The summed E-state index contributed by atoms with van der Waals surface area (Å²) in [6.45, 7) is 4.05. The highest BCUT2D eigenvalue weighted by Crippen LogP contribution is 2.25. The Bertz CT molecular complexity index is 1150. The minimum absolute atomic E-state index is 0.00647. The molecule has 7 heteroatoms. The summed E-state index contributed by atoms with van der Waals surface area (Å²) in [6, 6.07) is 20.6. The van der Waals surface area contributed by atoms with Gasteiger partial charge in [-0.15, -0.1) is 0 Å². The average Bonchev–Trinajstić information content (AvgIpc) is 2.85. The van der Waals surface area contributed by atoms with Crippen LogP contribution in [-0.2, 0) is 6.54 Å². The maximum atomic E-state index is 13.1. The lowest BCUT2D eigenvalue weighted by molar-refractivity contribution is 0.102. The van der Waals surface area contributed by atoms with Gasteiger partial charge in [0.05, 0.1) is 14.2 Å². The summed E-state index contributed by atoms with van der Waals surface area (Å²) in [5.41, 5.74) is 4.18. The smallest absolute Gasteiger partial charge is 0.324 e. The van der Waals surface area contributed by atoms with Gasteiger partial charge in [-0.2, -0.15) is 0 Å². The topological polar surface area (TPSA) is 71.1 Å². The van der Waals surface area contributed by atoms with E-state index in [4.69, 9.17) is 9.47 Å². The Hall–Kier alpha value is -4.00. The lowest BCUT2D eigenvalue weighted by Crippen LogP contribution is -2.49. The zero-order valence-corrected chi connectivity index (χ0v) is 19.7. The number of ether oxygens (including phenoxy) is 2. The van der Waals surface area contributed by atoms with E-state index in [0.29, 0.717) is 35.8 Å². The van der Waals surface area contributed by atoms with E-state index >= 15 is 0 Å². The molecule has 1 N–H and O–H groups in total. The van der Waals surface area contributed by atoms with Crippen molar-refractivity contribution in [2.75, 3.05) is 37.5 Å². The minimum atomic E-state index is -0.275. The quantitative estimate of drug-likeness (QED) is 0.534. The van der Waals surface area contributed by atoms with E-state index in [1.807, 2.05) is 23.1 Å². The van der Waals surface area contributed by atoms with Crippen LogP contribution in [0.1, 0.15) is 27.9 Å². The van der Waals surface area contributed by atoms with Crippen molar-refractivity contribution in [2.24, 2.45) is 0 Å². The summed E-state index contributed by atoms with van der Waals surface area (Å²) in [6.07, 6.45) is 0.897. The van der Waals surface area contributed by atoms with Crippen molar-refractivity contribution in [3.05, 3.63) is 83.4 Å². The zero-order chi connectivity index (χ0) is 24.1. The first-order valence-electron chi connectivity index (χ1n) is 11.2. The molecule has 0 saturated carbocycles. The normalized spacial score (nSPS) is 13.6. The Morgan fingerprint density at radius 2 is 1.65 bits per heavy atom. The monoisotopic (exact) mass is 459 g/mol. The average molecular weight is 460 g/mol. The number of carbonyl (C=O) groups excluding carboxylic acids is 2. The van der Waals surface area contributed by atoms with Gasteiger partial charge in [0.15, 0.2) is 0 Å². The number of amides is 3. The summed E-state index contributed by atoms with van der Waals surface area (Å²) in [5, 5.41) is 2.89. The summed E-state index contributed by atoms with van der Waals surface area (Å²) in [4.78, 5) is 29.5. The third kappa shape index (κ3) is 5.31. The van der Waals surface area contributed by atoms with E-state index in [0.717, 1.165) is 24.2 Å². The Kier molecular flexibility index (Phi) is 7.01. The van der Waals surface area contributed by atoms with Crippen molar-refractivity contribution in [3.63, 3.8) is 0 Å². The standard InChI is InChI=1S/C27H29N3O4/c1-19-6-4-7-20(14-19)18-29-12-5-13-30(27(29)32)23-10-8-22(9-11-23)28-26(31)21-15-24(33-2)17-25(16-21)34-3/h4,6-11,14-17H,5,12-13,18H2,1-3H3,(H,28,31). The van der Waals surface area contributed by atoms with Crippen molar-refractivity contribution in [1.82, 2.24) is 4.90 Å². The molecule has 0 unspecified atom stereocenters. The number of carbonyl (C=O) groups is 2. The lowest BCUT2D eigenvalue weighted by Gasteiger charge is -2.35. The zero-order valence-electron chi connectivity index (χ0n) is 19.7. The molecule has 1 heterocycles. The second kappa shape index (κ2) is 10.3. The molecule has 3 amide bonds. The van der Waals surface area contributed by atoms with Gasteiger partial charge in [0.1, 0.15) is 11.5 Å². The van der Waals surface area contributed by atoms with E-state index in [1.54, 1.807) is 49.5 Å². The lowest BCUT2D eigenvalue weighted by atomic mass is 10.1. The van der Waals surface area contributed by atoms with Crippen LogP contribution in [0.4, 0.5) is 16.2 Å². The van der Waals surface area contributed by atoms with Gasteiger partial charge in [0.2, 0.25) is 0 Å². The number of aryl methyl sites for hydroxylation is 1. The van der Waals surface area contributed by atoms with Crippen LogP contribution in [0.5, 0.6) is 11.5 Å². The number of hydrogen-bond donors (Lipinski definition) is 1. The summed E-state index contributed by atoms with van der Waals surface area (Å²) in [5.74, 6) is 0.806.